The standard InChI is InChI=1S/C14H19ClN2O3/c1-2-19-10-14(18)20-12-5-7-17(8-6-12)13-4-3-11(15)9-16-13/h3-4,9,12H,2,5-8,10H2,1H3. The highest BCUT2D eigenvalue weighted by Gasteiger charge is 2.22. The Morgan fingerprint density at radius 1 is 1.45 bits per heavy atom. The molecule has 0 N–H and O–H groups in total. The second-order valence-corrected chi connectivity index (χ2v) is 5.08. The molecule has 1 aliphatic heterocycles. The summed E-state index contributed by atoms with van der Waals surface area (Å²) >= 11 is 5.82. The molecule has 6 heteroatoms. The summed E-state index contributed by atoms with van der Waals surface area (Å²) in [7, 11) is 0. The van der Waals surface area contributed by atoms with Crippen LogP contribution < -0.4 is 4.90 Å². The number of piperidine rings is 1. The molecule has 0 aliphatic carbocycles. The van der Waals surface area contributed by atoms with Crippen molar-refractivity contribution < 1.29 is 14.3 Å². The van der Waals surface area contributed by atoms with Crippen molar-refractivity contribution in [1.29, 1.82) is 0 Å². The molecule has 0 bridgehead atoms. The van der Waals surface area contributed by atoms with Crippen molar-refractivity contribution >= 4 is 23.4 Å². The van der Waals surface area contributed by atoms with Crippen LogP contribution in [0.25, 0.3) is 0 Å². The van der Waals surface area contributed by atoms with Crippen molar-refractivity contribution in [1.82, 2.24) is 4.98 Å². The summed E-state index contributed by atoms with van der Waals surface area (Å²) < 4.78 is 10.4. The first-order valence-corrected chi connectivity index (χ1v) is 7.20. The van der Waals surface area contributed by atoms with E-state index < -0.39 is 0 Å². The molecule has 0 radical (unpaired) electrons. The molecule has 1 aromatic heterocycles. The van der Waals surface area contributed by atoms with Gasteiger partial charge in [-0.05, 0) is 19.1 Å². The smallest absolute Gasteiger partial charge is 0.332 e. The molecule has 1 saturated heterocycles. The van der Waals surface area contributed by atoms with Gasteiger partial charge in [0, 0.05) is 38.7 Å². The predicted molar refractivity (Wildman–Crippen MR) is 77.1 cm³/mol. The van der Waals surface area contributed by atoms with E-state index in [1.54, 1.807) is 6.20 Å². The van der Waals surface area contributed by atoms with Crippen molar-refractivity contribution in [2.75, 3.05) is 31.2 Å². The van der Waals surface area contributed by atoms with Crippen LogP contribution in [0.15, 0.2) is 18.3 Å². The van der Waals surface area contributed by atoms with E-state index in [1.165, 1.54) is 0 Å². The van der Waals surface area contributed by atoms with E-state index in [0.717, 1.165) is 31.7 Å². The third-order valence-electron chi connectivity index (χ3n) is 3.20. The number of carbonyl (C=O) groups excluding carboxylic acids is 1. The molecule has 2 rings (SSSR count). The minimum Gasteiger partial charge on any atom is -0.461 e. The monoisotopic (exact) mass is 298 g/mol. The first kappa shape index (κ1) is 15.1. The van der Waals surface area contributed by atoms with Crippen LogP contribution in [0.1, 0.15) is 19.8 Å². The quantitative estimate of drug-likeness (QED) is 0.781. The van der Waals surface area contributed by atoms with Gasteiger partial charge in [-0.25, -0.2) is 9.78 Å². The minimum absolute atomic E-state index is 0.0218. The molecule has 0 atom stereocenters. The molecular formula is C14H19ClN2O3. The van der Waals surface area contributed by atoms with Gasteiger partial charge >= 0.3 is 5.97 Å². The van der Waals surface area contributed by atoms with Gasteiger partial charge in [0.2, 0.25) is 0 Å². The number of rotatable bonds is 5. The van der Waals surface area contributed by atoms with Crippen molar-refractivity contribution in [3.8, 4) is 0 Å². The topological polar surface area (TPSA) is 51.7 Å². The average molecular weight is 299 g/mol. The lowest BCUT2D eigenvalue weighted by Gasteiger charge is -2.32. The molecule has 0 spiro atoms. The average Bonchev–Trinajstić information content (AvgIpc) is 2.47. The minimum atomic E-state index is -0.282. The predicted octanol–water partition coefficient (Wildman–Crippen LogP) is 2.28. The maximum atomic E-state index is 11.5. The number of halogens is 1. The lowest BCUT2D eigenvalue weighted by Crippen LogP contribution is -2.38. The van der Waals surface area contributed by atoms with E-state index in [-0.39, 0.29) is 18.7 Å². The highest BCUT2D eigenvalue weighted by molar-refractivity contribution is 6.30. The molecule has 110 valence electrons. The van der Waals surface area contributed by atoms with Gasteiger partial charge in [0.1, 0.15) is 18.5 Å². The van der Waals surface area contributed by atoms with Crippen LogP contribution in [0.2, 0.25) is 5.02 Å². The van der Waals surface area contributed by atoms with Crippen LogP contribution >= 0.6 is 11.6 Å². The normalized spacial score (nSPS) is 16.2. The zero-order valence-corrected chi connectivity index (χ0v) is 12.3. The molecule has 2 heterocycles. The number of hydrogen-bond acceptors (Lipinski definition) is 5. The Morgan fingerprint density at radius 3 is 2.80 bits per heavy atom. The van der Waals surface area contributed by atoms with Gasteiger partial charge in [-0.1, -0.05) is 11.6 Å². The van der Waals surface area contributed by atoms with E-state index in [9.17, 15) is 4.79 Å². The Hall–Kier alpha value is -1.33. The van der Waals surface area contributed by atoms with Crippen molar-refractivity contribution in [3.05, 3.63) is 23.4 Å². The number of aromatic nitrogens is 1. The SMILES string of the molecule is CCOCC(=O)OC1CCN(c2ccc(Cl)cn2)CC1. The molecule has 0 amide bonds. The summed E-state index contributed by atoms with van der Waals surface area (Å²) in [5.41, 5.74) is 0. The van der Waals surface area contributed by atoms with Crippen LogP contribution in [0, 0.1) is 0 Å². The van der Waals surface area contributed by atoms with Gasteiger partial charge in [-0.2, -0.15) is 0 Å². The highest BCUT2D eigenvalue weighted by Crippen LogP contribution is 2.20. The van der Waals surface area contributed by atoms with Gasteiger partial charge in [-0.3, -0.25) is 0 Å². The van der Waals surface area contributed by atoms with Gasteiger partial charge in [0.05, 0.1) is 5.02 Å². The number of carbonyl (C=O) groups is 1. The van der Waals surface area contributed by atoms with Crippen molar-refractivity contribution in [3.63, 3.8) is 0 Å². The maximum Gasteiger partial charge on any atom is 0.332 e. The Kier molecular flexibility index (Phi) is 5.61. The number of pyridine rings is 1. The van der Waals surface area contributed by atoms with Crippen LogP contribution in [-0.2, 0) is 14.3 Å². The van der Waals surface area contributed by atoms with Gasteiger partial charge < -0.3 is 14.4 Å². The first-order valence-electron chi connectivity index (χ1n) is 6.82. The van der Waals surface area contributed by atoms with Crippen molar-refractivity contribution in [2.24, 2.45) is 0 Å². The number of nitrogens with zero attached hydrogens (tertiary/aromatic N) is 2. The molecule has 1 aliphatic rings. The zero-order valence-electron chi connectivity index (χ0n) is 11.5. The Labute approximate surface area is 123 Å². The summed E-state index contributed by atoms with van der Waals surface area (Å²) in [6.45, 7) is 4.05. The summed E-state index contributed by atoms with van der Waals surface area (Å²) in [4.78, 5) is 17.9. The fourth-order valence-corrected chi connectivity index (χ4v) is 2.27. The van der Waals surface area contributed by atoms with Crippen LogP contribution in [0.3, 0.4) is 0 Å². The van der Waals surface area contributed by atoms with E-state index in [0.29, 0.717) is 11.6 Å². The van der Waals surface area contributed by atoms with Crippen LogP contribution in [-0.4, -0.2) is 43.4 Å². The number of hydrogen-bond donors (Lipinski definition) is 0. The second-order valence-electron chi connectivity index (χ2n) is 4.65. The molecular weight excluding hydrogens is 280 g/mol. The fourth-order valence-electron chi connectivity index (χ4n) is 2.16. The lowest BCUT2D eigenvalue weighted by atomic mass is 10.1. The largest absolute Gasteiger partial charge is 0.461 e. The Bertz CT molecular complexity index is 431. The third-order valence-corrected chi connectivity index (χ3v) is 3.42. The highest BCUT2D eigenvalue weighted by atomic mass is 35.5. The lowest BCUT2D eigenvalue weighted by molar-refractivity contribution is -0.155. The number of anilines is 1. The number of esters is 1. The molecule has 1 aromatic rings. The van der Waals surface area contributed by atoms with Crippen LogP contribution in [0.4, 0.5) is 5.82 Å². The molecule has 0 saturated carbocycles. The third kappa shape index (κ3) is 4.35. The van der Waals surface area contributed by atoms with Crippen LogP contribution in [0.5, 0.6) is 0 Å². The van der Waals surface area contributed by atoms with E-state index in [2.05, 4.69) is 9.88 Å². The van der Waals surface area contributed by atoms with E-state index >= 15 is 0 Å². The Balaban J connectivity index is 1.77. The summed E-state index contributed by atoms with van der Waals surface area (Å²) in [5, 5.41) is 0.633. The van der Waals surface area contributed by atoms with E-state index in [1.807, 2.05) is 19.1 Å². The zero-order chi connectivity index (χ0) is 14.4. The molecule has 1 fully saturated rings. The first-order chi connectivity index (χ1) is 9.69. The van der Waals surface area contributed by atoms with Gasteiger partial charge in [0.15, 0.2) is 0 Å². The van der Waals surface area contributed by atoms with E-state index in [4.69, 9.17) is 21.1 Å². The number of ether oxygens (including phenoxy) is 2. The van der Waals surface area contributed by atoms with Crippen molar-refractivity contribution in [2.45, 2.75) is 25.9 Å². The Morgan fingerprint density at radius 2 is 2.20 bits per heavy atom. The fraction of sp³-hybridized carbons (Fsp3) is 0.571. The summed E-state index contributed by atoms with van der Waals surface area (Å²) in [6, 6.07) is 3.74. The van der Waals surface area contributed by atoms with Gasteiger partial charge in [-0.15, -0.1) is 0 Å². The molecule has 20 heavy (non-hydrogen) atoms. The summed E-state index contributed by atoms with van der Waals surface area (Å²) in [6.07, 6.45) is 3.24. The maximum absolute atomic E-state index is 11.5. The molecule has 0 unspecified atom stereocenters. The molecule has 0 aromatic carbocycles. The van der Waals surface area contributed by atoms with Gasteiger partial charge in [0.25, 0.3) is 0 Å². The molecule has 5 nitrogen and oxygen atoms in total. The summed E-state index contributed by atoms with van der Waals surface area (Å²) in [5.74, 6) is 0.628. The second kappa shape index (κ2) is 7.45.